The Morgan fingerprint density at radius 1 is 1.17 bits per heavy atom. The molecule has 0 aliphatic carbocycles. The normalized spacial score (nSPS) is 16.7. The van der Waals surface area contributed by atoms with Crippen LogP contribution in [0.2, 0.25) is 0 Å². The smallest absolute Gasteiger partial charge is 0.415 e. The highest BCUT2D eigenvalue weighted by Crippen LogP contribution is 2.27. The Hall–Kier alpha value is -3.85. The summed E-state index contributed by atoms with van der Waals surface area (Å²) in [7, 11) is 0. The first kappa shape index (κ1) is 19.5. The number of nitrogens with zero attached hydrogens (tertiary/aromatic N) is 2. The molecule has 3 aromatic carbocycles. The molecule has 0 radical (unpaired) electrons. The van der Waals surface area contributed by atoms with Crippen molar-refractivity contribution in [1.82, 2.24) is 5.32 Å². The molecule has 0 unspecified atom stereocenters. The Morgan fingerprint density at radius 3 is 2.63 bits per heavy atom. The molecular weight excluding hydrogens is 378 g/mol. The first-order valence-electron chi connectivity index (χ1n) is 9.87. The van der Waals surface area contributed by atoms with Gasteiger partial charge in [0.25, 0.3) is 5.91 Å². The first-order chi connectivity index (χ1) is 14.6. The maximum atomic E-state index is 12.9. The second kappa shape index (κ2) is 8.26. The fourth-order valence-corrected chi connectivity index (χ4v) is 3.74. The molecule has 30 heavy (non-hydrogen) atoms. The highest BCUT2D eigenvalue weighted by Gasteiger charge is 2.37. The van der Waals surface area contributed by atoms with Crippen LogP contribution in [0.1, 0.15) is 30.5 Å². The van der Waals surface area contributed by atoms with Crippen LogP contribution in [0.5, 0.6) is 0 Å². The van der Waals surface area contributed by atoms with Crippen LogP contribution >= 0.6 is 0 Å². The van der Waals surface area contributed by atoms with Crippen LogP contribution in [0, 0.1) is 11.3 Å². The van der Waals surface area contributed by atoms with Gasteiger partial charge in [-0.15, -0.1) is 0 Å². The molecule has 1 heterocycles. The van der Waals surface area contributed by atoms with Crippen molar-refractivity contribution in [2.24, 2.45) is 0 Å². The molecular formula is C24H21N3O3. The summed E-state index contributed by atoms with van der Waals surface area (Å²) >= 11 is 0. The van der Waals surface area contributed by atoms with E-state index in [9.17, 15) is 9.59 Å². The van der Waals surface area contributed by atoms with Crippen molar-refractivity contribution < 1.29 is 14.3 Å². The summed E-state index contributed by atoms with van der Waals surface area (Å²) in [6, 6.07) is 22.5. The lowest BCUT2D eigenvalue weighted by Gasteiger charge is -2.21. The van der Waals surface area contributed by atoms with Gasteiger partial charge in [0.05, 0.1) is 24.2 Å². The molecule has 3 aromatic rings. The third kappa shape index (κ3) is 3.70. The van der Waals surface area contributed by atoms with E-state index >= 15 is 0 Å². The zero-order valence-corrected chi connectivity index (χ0v) is 16.5. The van der Waals surface area contributed by atoms with Crippen molar-refractivity contribution in [1.29, 1.82) is 5.26 Å². The summed E-state index contributed by atoms with van der Waals surface area (Å²) in [5, 5.41) is 14.2. The number of anilines is 1. The summed E-state index contributed by atoms with van der Waals surface area (Å²) in [5.41, 5.74) is 2.13. The van der Waals surface area contributed by atoms with Crippen LogP contribution < -0.4 is 10.2 Å². The van der Waals surface area contributed by atoms with Gasteiger partial charge in [-0.3, -0.25) is 9.69 Å². The molecule has 1 saturated heterocycles. The van der Waals surface area contributed by atoms with Crippen molar-refractivity contribution in [3.8, 4) is 6.07 Å². The summed E-state index contributed by atoms with van der Waals surface area (Å²) in [6.07, 6.45) is -0.755. The van der Waals surface area contributed by atoms with E-state index in [1.807, 2.05) is 55.5 Å². The van der Waals surface area contributed by atoms with Crippen LogP contribution in [0.4, 0.5) is 10.5 Å². The molecule has 2 atom stereocenters. The number of hydrogen-bond donors (Lipinski definition) is 1. The van der Waals surface area contributed by atoms with Gasteiger partial charge in [0.2, 0.25) is 0 Å². The monoisotopic (exact) mass is 399 g/mol. The van der Waals surface area contributed by atoms with Crippen molar-refractivity contribution in [3.63, 3.8) is 0 Å². The summed E-state index contributed by atoms with van der Waals surface area (Å²) < 4.78 is 5.33. The van der Waals surface area contributed by atoms with Crippen LogP contribution in [0.25, 0.3) is 10.8 Å². The molecule has 6 nitrogen and oxygen atoms in total. The van der Waals surface area contributed by atoms with Crippen LogP contribution in [-0.4, -0.2) is 24.6 Å². The first-order valence-corrected chi connectivity index (χ1v) is 9.87. The van der Waals surface area contributed by atoms with Gasteiger partial charge in [0.1, 0.15) is 0 Å². The highest BCUT2D eigenvalue weighted by molar-refractivity contribution is 5.96. The van der Waals surface area contributed by atoms with Crippen LogP contribution in [0.15, 0.2) is 66.7 Å². The van der Waals surface area contributed by atoms with E-state index in [1.165, 1.54) is 4.90 Å². The van der Waals surface area contributed by atoms with Crippen molar-refractivity contribution in [3.05, 3.63) is 77.9 Å². The van der Waals surface area contributed by atoms with Crippen LogP contribution in [-0.2, 0) is 9.53 Å². The maximum absolute atomic E-state index is 12.9. The number of nitrogens with one attached hydrogen (secondary N) is 1. The third-order valence-electron chi connectivity index (χ3n) is 5.34. The van der Waals surface area contributed by atoms with E-state index in [4.69, 9.17) is 10.00 Å². The van der Waals surface area contributed by atoms with E-state index in [0.29, 0.717) is 17.7 Å². The number of hydrogen-bond acceptors (Lipinski definition) is 4. The van der Waals surface area contributed by atoms with Gasteiger partial charge in [-0.05, 0) is 47.0 Å². The van der Waals surface area contributed by atoms with E-state index < -0.39 is 12.2 Å². The van der Waals surface area contributed by atoms with E-state index in [1.54, 1.807) is 24.3 Å². The van der Waals surface area contributed by atoms with Gasteiger partial charge in [-0.25, -0.2) is 4.79 Å². The van der Waals surface area contributed by atoms with Crippen LogP contribution in [0.3, 0.4) is 0 Å². The predicted molar refractivity (Wildman–Crippen MR) is 114 cm³/mol. The van der Waals surface area contributed by atoms with Gasteiger partial charge in [-0.1, -0.05) is 49.4 Å². The van der Waals surface area contributed by atoms with E-state index in [-0.39, 0.29) is 18.5 Å². The minimum absolute atomic E-state index is 0.128. The summed E-state index contributed by atoms with van der Waals surface area (Å²) in [4.78, 5) is 26.6. The molecule has 2 amide bonds. The summed E-state index contributed by atoms with van der Waals surface area (Å²) in [5.74, 6) is -0.320. The molecule has 4 rings (SSSR count). The van der Waals surface area contributed by atoms with E-state index in [2.05, 4.69) is 5.32 Å². The highest BCUT2D eigenvalue weighted by atomic mass is 16.6. The zero-order valence-electron chi connectivity index (χ0n) is 16.5. The van der Waals surface area contributed by atoms with Crippen molar-refractivity contribution >= 4 is 28.5 Å². The Morgan fingerprint density at radius 2 is 1.90 bits per heavy atom. The fraction of sp³-hybridized carbons (Fsp3) is 0.208. The van der Waals surface area contributed by atoms with Crippen molar-refractivity contribution in [2.45, 2.75) is 25.5 Å². The second-order valence-electron chi connectivity index (χ2n) is 7.18. The van der Waals surface area contributed by atoms with Gasteiger partial charge < -0.3 is 10.1 Å². The Kier molecular flexibility index (Phi) is 5.36. The molecule has 150 valence electrons. The SMILES string of the molecule is CC[C@H](NC(=O)[C@H]1CN(c2ccc(C#N)cc2)C(=O)O1)c1cccc2ccccc12. The standard InChI is InChI=1S/C24H21N3O3/c1-2-21(20-9-5-7-17-6-3-4-8-19(17)20)26-23(28)22-15-27(24(29)30-22)18-12-10-16(14-25)11-13-18/h3-13,21-22H,2,15H2,1H3,(H,26,28)/t21-,22+/m0/s1. The number of carbonyl (C=O) groups excluding carboxylic acids is 2. The zero-order chi connectivity index (χ0) is 21.1. The number of rotatable bonds is 5. The van der Waals surface area contributed by atoms with Gasteiger partial charge >= 0.3 is 6.09 Å². The number of benzene rings is 3. The van der Waals surface area contributed by atoms with E-state index in [0.717, 1.165) is 16.3 Å². The maximum Gasteiger partial charge on any atom is 0.415 e. The number of amides is 2. The van der Waals surface area contributed by atoms with Gasteiger partial charge in [0.15, 0.2) is 6.10 Å². The minimum Gasteiger partial charge on any atom is -0.434 e. The average Bonchev–Trinajstić information content (AvgIpc) is 3.19. The molecule has 0 spiro atoms. The molecule has 6 heteroatoms. The topological polar surface area (TPSA) is 82.4 Å². The van der Waals surface area contributed by atoms with Gasteiger partial charge in [0, 0.05) is 5.69 Å². The fourth-order valence-electron chi connectivity index (χ4n) is 3.74. The predicted octanol–water partition coefficient (Wildman–Crippen LogP) is 4.30. The average molecular weight is 399 g/mol. The number of fused-ring (bicyclic) bond motifs is 1. The Labute approximate surface area is 174 Å². The molecule has 1 fully saturated rings. The molecule has 1 N–H and O–H groups in total. The third-order valence-corrected chi connectivity index (χ3v) is 5.34. The number of ether oxygens (including phenoxy) is 1. The molecule has 0 aromatic heterocycles. The molecule has 1 aliphatic heterocycles. The van der Waals surface area contributed by atoms with Crippen molar-refractivity contribution in [2.75, 3.05) is 11.4 Å². The summed E-state index contributed by atoms with van der Waals surface area (Å²) in [6.45, 7) is 2.14. The minimum atomic E-state index is -0.892. The molecule has 1 aliphatic rings. The number of carbonyl (C=O) groups is 2. The lowest BCUT2D eigenvalue weighted by molar-refractivity contribution is -0.128. The largest absolute Gasteiger partial charge is 0.434 e. The Bertz CT molecular complexity index is 1130. The molecule has 0 saturated carbocycles. The lowest BCUT2D eigenvalue weighted by Crippen LogP contribution is -2.39. The van der Waals surface area contributed by atoms with Gasteiger partial charge in [-0.2, -0.15) is 5.26 Å². The Balaban J connectivity index is 1.50. The quantitative estimate of drug-likeness (QED) is 0.693. The number of cyclic esters (lactones) is 1. The number of nitriles is 1. The second-order valence-corrected chi connectivity index (χ2v) is 7.18. The lowest BCUT2D eigenvalue weighted by atomic mass is 9.97. The molecule has 0 bridgehead atoms.